The van der Waals surface area contributed by atoms with Crippen LogP contribution in [0.1, 0.15) is 38.1 Å². The van der Waals surface area contributed by atoms with Crippen molar-refractivity contribution in [1.82, 2.24) is 4.98 Å². The van der Waals surface area contributed by atoms with Crippen molar-refractivity contribution >= 4 is 0 Å². The Morgan fingerprint density at radius 3 is 2.07 bits per heavy atom. The molecule has 86 valence electrons. The van der Waals surface area contributed by atoms with Crippen LogP contribution in [-0.2, 0) is 18.1 Å². The molecule has 0 amide bonds. The van der Waals surface area contributed by atoms with Gasteiger partial charge in [0.1, 0.15) is 5.76 Å². The Balaban J connectivity index is 3.24. The number of nitrogens with two attached hydrogens (primary N) is 1. The Morgan fingerprint density at radius 1 is 1.27 bits per heavy atom. The van der Waals surface area contributed by atoms with E-state index in [1.54, 1.807) is 20.8 Å². The molecule has 15 heavy (non-hydrogen) atoms. The van der Waals surface area contributed by atoms with Gasteiger partial charge in [0.05, 0.1) is 12.2 Å². The highest BCUT2D eigenvalue weighted by molar-refractivity contribution is 5.19. The van der Waals surface area contributed by atoms with Gasteiger partial charge in [-0.1, -0.05) is 20.8 Å². The second-order valence-corrected chi connectivity index (χ2v) is 4.24. The number of alkyl halides is 3. The smallest absolute Gasteiger partial charge is 0.436 e. The average molecular weight is 222 g/mol. The van der Waals surface area contributed by atoms with Crippen molar-refractivity contribution in [3.05, 3.63) is 17.3 Å². The fourth-order valence-electron chi connectivity index (χ4n) is 1.20. The Hall–Kier alpha value is -1.04. The van der Waals surface area contributed by atoms with Gasteiger partial charge in [-0.2, -0.15) is 13.2 Å². The number of nitrogens with zero attached hydrogens (tertiary/aromatic N) is 1. The van der Waals surface area contributed by atoms with Crippen molar-refractivity contribution in [2.75, 3.05) is 0 Å². The lowest BCUT2D eigenvalue weighted by molar-refractivity contribution is -0.157. The Bertz CT molecular complexity index is 349. The monoisotopic (exact) mass is 222 g/mol. The summed E-state index contributed by atoms with van der Waals surface area (Å²) in [5, 5.41) is 0. The zero-order valence-electron chi connectivity index (χ0n) is 8.77. The Kier molecular flexibility index (Phi) is 2.82. The van der Waals surface area contributed by atoms with Crippen LogP contribution in [0.15, 0.2) is 4.42 Å². The molecule has 0 bridgehead atoms. The Morgan fingerprint density at radius 2 is 1.80 bits per heavy atom. The van der Waals surface area contributed by atoms with E-state index in [1.165, 1.54) is 0 Å². The van der Waals surface area contributed by atoms with Crippen LogP contribution >= 0.6 is 0 Å². The maximum Gasteiger partial charge on any atom is 0.468 e. The number of aromatic nitrogens is 1. The van der Waals surface area contributed by atoms with E-state index in [2.05, 4.69) is 9.40 Å². The summed E-state index contributed by atoms with van der Waals surface area (Å²) < 4.78 is 41.5. The van der Waals surface area contributed by atoms with Gasteiger partial charge in [-0.25, -0.2) is 4.98 Å². The lowest BCUT2D eigenvalue weighted by Gasteiger charge is -2.15. The van der Waals surface area contributed by atoms with E-state index >= 15 is 0 Å². The van der Waals surface area contributed by atoms with E-state index in [-0.39, 0.29) is 18.0 Å². The van der Waals surface area contributed by atoms with Crippen molar-refractivity contribution in [1.29, 1.82) is 0 Å². The van der Waals surface area contributed by atoms with E-state index in [9.17, 15) is 13.2 Å². The highest BCUT2D eigenvalue weighted by atomic mass is 19.4. The summed E-state index contributed by atoms with van der Waals surface area (Å²) >= 11 is 0. The summed E-state index contributed by atoms with van der Waals surface area (Å²) in [5.41, 5.74) is 5.05. The fraction of sp³-hybridized carbons (Fsp3) is 0.667. The third-order valence-electron chi connectivity index (χ3n) is 1.84. The fourth-order valence-corrected chi connectivity index (χ4v) is 1.20. The molecule has 1 heterocycles. The van der Waals surface area contributed by atoms with E-state index < -0.39 is 17.5 Å². The van der Waals surface area contributed by atoms with Gasteiger partial charge in [0.25, 0.3) is 0 Å². The molecule has 0 fully saturated rings. The van der Waals surface area contributed by atoms with E-state index in [0.29, 0.717) is 0 Å². The first-order valence-corrected chi connectivity index (χ1v) is 4.43. The van der Waals surface area contributed by atoms with Gasteiger partial charge in [-0.15, -0.1) is 0 Å². The van der Waals surface area contributed by atoms with Crippen molar-refractivity contribution in [3.63, 3.8) is 0 Å². The average Bonchev–Trinajstić information content (AvgIpc) is 2.44. The topological polar surface area (TPSA) is 52.0 Å². The first-order valence-electron chi connectivity index (χ1n) is 4.43. The number of oxazole rings is 1. The van der Waals surface area contributed by atoms with Gasteiger partial charge in [0.15, 0.2) is 0 Å². The van der Waals surface area contributed by atoms with E-state index in [0.717, 1.165) is 0 Å². The normalized spacial score (nSPS) is 13.3. The second kappa shape index (κ2) is 3.52. The molecule has 1 aromatic heterocycles. The molecular weight excluding hydrogens is 209 g/mol. The maximum absolute atomic E-state index is 12.3. The van der Waals surface area contributed by atoms with Crippen molar-refractivity contribution in [2.24, 2.45) is 5.73 Å². The molecule has 0 aliphatic rings. The van der Waals surface area contributed by atoms with Crippen LogP contribution in [0.5, 0.6) is 0 Å². The quantitative estimate of drug-likeness (QED) is 0.794. The van der Waals surface area contributed by atoms with Crippen molar-refractivity contribution in [2.45, 2.75) is 38.9 Å². The molecule has 0 saturated heterocycles. The second-order valence-electron chi connectivity index (χ2n) is 4.24. The molecule has 2 N–H and O–H groups in total. The molecule has 1 aromatic rings. The minimum atomic E-state index is -4.56. The SMILES string of the molecule is CC(C)(C)c1nc(C(F)(F)F)oc1CN. The van der Waals surface area contributed by atoms with Gasteiger partial charge < -0.3 is 10.2 Å². The molecule has 0 aromatic carbocycles. The van der Waals surface area contributed by atoms with Gasteiger partial charge in [0, 0.05) is 5.41 Å². The summed E-state index contributed by atoms with van der Waals surface area (Å²) in [6, 6.07) is 0. The predicted molar refractivity (Wildman–Crippen MR) is 48.1 cm³/mol. The van der Waals surface area contributed by atoms with Crippen LogP contribution < -0.4 is 5.73 Å². The molecular formula is C9H13F3N2O. The first-order chi connectivity index (χ1) is 6.66. The predicted octanol–water partition coefficient (Wildman–Crippen LogP) is 2.45. The molecule has 1 rings (SSSR count). The minimum Gasteiger partial charge on any atom is -0.436 e. The number of rotatable bonds is 1. The molecule has 0 atom stereocenters. The summed E-state index contributed by atoms with van der Waals surface area (Å²) in [4.78, 5) is 3.45. The largest absolute Gasteiger partial charge is 0.468 e. The highest BCUT2D eigenvalue weighted by Crippen LogP contribution is 2.33. The molecule has 0 unspecified atom stereocenters. The number of hydrogen-bond donors (Lipinski definition) is 1. The molecule has 6 heteroatoms. The first kappa shape index (κ1) is 12.0. The highest BCUT2D eigenvalue weighted by Gasteiger charge is 2.39. The minimum absolute atomic E-state index is 0.0876. The third-order valence-corrected chi connectivity index (χ3v) is 1.84. The lowest BCUT2D eigenvalue weighted by atomic mass is 9.91. The summed E-state index contributed by atoms with van der Waals surface area (Å²) in [6.07, 6.45) is -4.56. The summed E-state index contributed by atoms with van der Waals surface area (Å²) in [7, 11) is 0. The number of hydrogen-bond acceptors (Lipinski definition) is 3. The van der Waals surface area contributed by atoms with Gasteiger partial charge in [-0.3, -0.25) is 0 Å². The molecule has 0 aliphatic heterocycles. The van der Waals surface area contributed by atoms with Crippen LogP contribution in [0.2, 0.25) is 0 Å². The Labute approximate surface area is 85.5 Å². The van der Waals surface area contributed by atoms with Crippen molar-refractivity contribution in [3.8, 4) is 0 Å². The zero-order valence-corrected chi connectivity index (χ0v) is 8.77. The summed E-state index contributed by atoms with van der Waals surface area (Å²) in [5.74, 6) is -1.14. The van der Waals surface area contributed by atoms with Crippen LogP contribution in [-0.4, -0.2) is 4.98 Å². The van der Waals surface area contributed by atoms with E-state index in [1.807, 2.05) is 0 Å². The van der Waals surface area contributed by atoms with Crippen LogP contribution in [0, 0.1) is 0 Å². The van der Waals surface area contributed by atoms with Crippen molar-refractivity contribution < 1.29 is 17.6 Å². The van der Waals surface area contributed by atoms with Crippen LogP contribution in [0.3, 0.4) is 0 Å². The van der Waals surface area contributed by atoms with Gasteiger partial charge in [-0.05, 0) is 0 Å². The molecule has 0 aliphatic carbocycles. The lowest BCUT2D eigenvalue weighted by Crippen LogP contribution is -2.16. The molecule has 0 spiro atoms. The molecule has 3 nitrogen and oxygen atoms in total. The van der Waals surface area contributed by atoms with Gasteiger partial charge in [0.2, 0.25) is 0 Å². The van der Waals surface area contributed by atoms with Crippen LogP contribution in [0.25, 0.3) is 0 Å². The molecule has 0 saturated carbocycles. The third kappa shape index (κ3) is 2.50. The number of halogens is 3. The van der Waals surface area contributed by atoms with Gasteiger partial charge >= 0.3 is 12.1 Å². The van der Waals surface area contributed by atoms with E-state index in [4.69, 9.17) is 5.73 Å². The standard InChI is InChI=1S/C9H13F3N2O/c1-8(2,3)6-5(4-13)15-7(14-6)9(10,11)12/h4,13H2,1-3H3. The summed E-state index contributed by atoms with van der Waals surface area (Å²) in [6.45, 7) is 5.17. The zero-order chi connectivity index (χ0) is 11.9. The maximum atomic E-state index is 12.3. The molecule has 0 radical (unpaired) electrons. The van der Waals surface area contributed by atoms with Crippen LogP contribution in [0.4, 0.5) is 13.2 Å².